The minimum Gasteiger partial charge on any atom is -0.449 e. The van der Waals surface area contributed by atoms with E-state index in [4.69, 9.17) is 10.5 Å². The van der Waals surface area contributed by atoms with Crippen LogP contribution in [0, 0.1) is 0 Å². The van der Waals surface area contributed by atoms with Crippen molar-refractivity contribution in [1.29, 1.82) is 0 Å². The second-order valence-corrected chi connectivity index (χ2v) is 5.22. The number of para-hydroxylation sites is 1. The van der Waals surface area contributed by atoms with Crippen LogP contribution in [-0.2, 0) is 9.53 Å². The quantitative estimate of drug-likeness (QED) is 0.875. The molecule has 1 heterocycles. The average molecular weight is 286 g/mol. The van der Waals surface area contributed by atoms with Crippen molar-refractivity contribution >= 4 is 22.8 Å². The van der Waals surface area contributed by atoms with Crippen LogP contribution in [-0.4, -0.2) is 23.0 Å². The molecule has 2 N–H and O–H groups in total. The van der Waals surface area contributed by atoms with Crippen LogP contribution in [0.25, 0.3) is 10.9 Å². The minimum absolute atomic E-state index is 0.176. The van der Waals surface area contributed by atoms with Crippen molar-refractivity contribution in [1.82, 2.24) is 4.98 Å². The maximum Gasteiger partial charge on any atom is 0.339 e. The first-order valence-corrected chi connectivity index (χ1v) is 6.80. The maximum atomic E-state index is 12.3. The third-order valence-electron chi connectivity index (χ3n) is 3.23. The zero-order chi connectivity index (χ0) is 15.6. The van der Waals surface area contributed by atoms with Crippen LogP contribution in [0.5, 0.6) is 0 Å². The first-order valence-electron chi connectivity index (χ1n) is 6.80. The number of hydrogen-bond acceptors (Lipinski definition) is 4. The lowest BCUT2D eigenvalue weighted by Crippen LogP contribution is -2.30. The van der Waals surface area contributed by atoms with Crippen molar-refractivity contribution in [2.24, 2.45) is 5.73 Å². The first kappa shape index (κ1) is 15.0. The highest BCUT2D eigenvalue weighted by atomic mass is 16.5. The third-order valence-corrected chi connectivity index (χ3v) is 3.23. The van der Waals surface area contributed by atoms with Gasteiger partial charge in [0.15, 0.2) is 6.10 Å². The Morgan fingerprint density at radius 1 is 1.19 bits per heavy atom. The van der Waals surface area contributed by atoms with E-state index in [0.717, 1.165) is 11.2 Å². The molecule has 1 atom stereocenters. The third kappa shape index (κ3) is 3.18. The standard InChI is InChI=1S/C16H18N2O3/c1-9(2)14-8-12(16(20)21-10(3)15(17)19)11-6-4-5-7-13(11)18-14/h4-10H,1-3H3,(H2,17,19). The van der Waals surface area contributed by atoms with E-state index in [1.54, 1.807) is 12.1 Å². The second kappa shape index (κ2) is 5.91. The highest BCUT2D eigenvalue weighted by molar-refractivity contribution is 6.04. The minimum atomic E-state index is -0.966. The van der Waals surface area contributed by atoms with Crippen molar-refractivity contribution in [2.75, 3.05) is 0 Å². The number of aromatic nitrogens is 1. The molecule has 0 saturated heterocycles. The number of amides is 1. The first-order chi connectivity index (χ1) is 9.90. The van der Waals surface area contributed by atoms with Crippen LogP contribution < -0.4 is 5.73 Å². The SMILES string of the molecule is CC(OC(=O)c1cc(C(C)C)nc2ccccc12)C(N)=O. The summed E-state index contributed by atoms with van der Waals surface area (Å²) in [6.45, 7) is 5.45. The Kier molecular flexibility index (Phi) is 4.21. The summed E-state index contributed by atoms with van der Waals surface area (Å²) >= 11 is 0. The van der Waals surface area contributed by atoms with Gasteiger partial charge in [-0.25, -0.2) is 4.79 Å². The molecule has 1 aromatic carbocycles. The van der Waals surface area contributed by atoms with Gasteiger partial charge in [0.2, 0.25) is 0 Å². The highest BCUT2D eigenvalue weighted by Crippen LogP contribution is 2.23. The molecule has 1 unspecified atom stereocenters. The van der Waals surface area contributed by atoms with Crippen molar-refractivity contribution in [3.8, 4) is 0 Å². The van der Waals surface area contributed by atoms with Crippen LogP contribution in [0.15, 0.2) is 30.3 Å². The Hall–Kier alpha value is -2.43. The number of fused-ring (bicyclic) bond motifs is 1. The summed E-state index contributed by atoms with van der Waals surface area (Å²) in [7, 11) is 0. The van der Waals surface area contributed by atoms with Gasteiger partial charge in [-0.05, 0) is 25.0 Å². The lowest BCUT2D eigenvalue weighted by Gasteiger charge is -2.13. The largest absolute Gasteiger partial charge is 0.449 e. The van der Waals surface area contributed by atoms with E-state index in [9.17, 15) is 9.59 Å². The molecule has 1 amide bonds. The van der Waals surface area contributed by atoms with Gasteiger partial charge >= 0.3 is 5.97 Å². The van der Waals surface area contributed by atoms with Crippen molar-refractivity contribution in [2.45, 2.75) is 32.8 Å². The monoisotopic (exact) mass is 286 g/mol. The van der Waals surface area contributed by atoms with Gasteiger partial charge in [-0.15, -0.1) is 0 Å². The normalized spacial score (nSPS) is 12.4. The average Bonchev–Trinajstić information content (AvgIpc) is 2.45. The Bertz CT molecular complexity index is 695. The summed E-state index contributed by atoms with van der Waals surface area (Å²) in [4.78, 5) is 27.9. The van der Waals surface area contributed by atoms with E-state index in [0.29, 0.717) is 10.9 Å². The number of ether oxygens (including phenoxy) is 1. The zero-order valence-electron chi connectivity index (χ0n) is 12.3. The van der Waals surface area contributed by atoms with Crippen molar-refractivity contribution in [3.05, 3.63) is 41.6 Å². The lowest BCUT2D eigenvalue weighted by molar-refractivity contribution is -0.125. The van der Waals surface area contributed by atoms with Crippen molar-refractivity contribution < 1.29 is 14.3 Å². The maximum absolute atomic E-state index is 12.3. The summed E-state index contributed by atoms with van der Waals surface area (Å²) in [5.41, 5.74) is 7.05. The van der Waals surface area contributed by atoms with E-state index in [-0.39, 0.29) is 5.92 Å². The fourth-order valence-corrected chi connectivity index (χ4v) is 1.94. The molecule has 0 spiro atoms. The smallest absolute Gasteiger partial charge is 0.339 e. The van der Waals surface area contributed by atoms with E-state index >= 15 is 0 Å². The number of carbonyl (C=O) groups is 2. The fourth-order valence-electron chi connectivity index (χ4n) is 1.94. The summed E-state index contributed by atoms with van der Waals surface area (Å²) in [5.74, 6) is -1.07. The Balaban J connectivity index is 2.50. The highest BCUT2D eigenvalue weighted by Gasteiger charge is 2.20. The van der Waals surface area contributed by atoms with E-state index in [1.165, 1.54) is 6.92 Å². The Labute approximate surface area is 123 Å². The number of pyridine rings is 1. The van der Waals surface area contributed by atoms with E-state index in [1.807, 2.05) is 32.0 Å². The number of rotatable bonds is 4. The fraction of sp³-hybridized carbons (Fsp3) is 0.312. The number of nitrogens with two attached hydrogens (primary N) is 1. The number of primary amides is 1. The molecule has 110 valence electrons. The lowest BCUT2D eigenvalue weighted by atomic mass is 10.0. The molecule has 0 bridgehead atoms. The van der Waals surface area contributed by atoms with Crippen LogP contribution in [0.2, 0.25) is 0 Å². The zero-order valence-corrected chi connectivity index (χ0v) is 12.3. The predicted molar refractivity (Wildman–Crippen MR) is 79.9 cm³/mol. The molecule has 0 radical (unpaired) electrons. The van der Waals surface area contributed by atoms with Gasteiger partial charge in [0, 0.05) is 11.1 Å². The van der Waals surface area contributed by atoms with Gasteiger partial charge in [-0.2, -0.15) is 0 Å². The molecule has 0 aliphatic heterocycles. The molecule has 1 aromatic heterocycles. The second-order valence-electron chi connectivity index (χ2n) is 5.22. The van der Waals surface area contributed by atoms with E-state index < -0.39 is 18.0 Å². The van der Waals surface area contributed by atoms with Gasteiger partial charge < -0.3 is 10.5 Å². The molecule has 2 rings (SSSR count). The molecule has 0 saturated carbocycles. The van der Waals surface area contributed by atoms with Crippen LogP contribution in [0.4, 0.5) is 0 Å². The molecular formula is C16H18N2O3. The molecular weight excluding hydrogens is 268 g/mol. The summed E-state index contributed by atoms with van der Waals surface area (Å²) in [6, 6.07) is 9.05. The molecule has 21 heavy (non-hydrogen) atoms. The van der Waals surface area contributed by atoms with Gasteiger partial charge in [0.25, 0.3) is 5.91 Å². The number of nitrogens with zero attached hydrogens (tertiary/aromatic N) is 1. The topological polar surface area (TPSA) is 82.3 Å². The molecule has 0 aliphatic carbocycles. The molecule has 5 nitrogen and oxygen atoms in total. The van der Waals surface area contributed by atoms with E-state index in [2.05, 4.69) is 4.98 Å². The van der Waals surface area contributed by atoms with Gasteiger partial charge in [0.05, 0.1) is 11.1 Å². The number of carbonyl (C=O) groups excluding carboxylic acids is 2. The van der Waals surface area contributed by atoms with Crippen LogP contribution >= 0.6 is 0 Å². The van der Waals surface area contributed by atoms with Gasteiger partial charge in [-0.3, -0.25) is 9.78 Å². The van der Waals surface area contributed by atoms with Crippen LogP contribution in [0.3, 0.4) is 0 Å². The van der Waals surface area contributed by atoms with Gasteiger partial charge in [0.1, 0.15) is 0 Å². The number of benzene rings is 1. The van der Waals surface area contributed by atoms with Gasteiger partial charge in [-0.1, -0.05) is 32.0 Å². The predicted octanol–water partition coefficient (Wildman–Crippen LogP) is 2.39. The molecule has 2 aromatic rings. The molecule has 0 aliphatic rings. The molecule has 5 heteroatoms. The van der Waals surface area contributed by atoms with Crippen molar-refractivity contribution in [3.63, 3.8) is 0 Å². The Morgan fingerprint density at radius 2 is 1.86 bits per heavy atom. The Morgan fingerprint density at radius 3 is 2.48 bits per heavy atom. The summed E-state index contributed by atoms with van der Waals surface area (Å²) in [5, 5.41) is 0.698. The summed E-state index contributed by atoms with van der Waals surface area (Å²) < 4.78 is 5.10. The summed E-state index contributed by atoms with van der Waals surface area (Å²) in [6.07, 6.45) is -0.966. The number of hydrogen-bond donors (Lipinski definition) is 1. The molecule has 0 fully saturated rings. The van der Waals surface area contributed by atoms with Crippen LogP contribution in [0.1, 0.15) is 42.7 Å². The number of esters is 1.